The minimum atomic E-state index is 0.428. The lowest BCUT2D eigenvalue weighted by Crippen LogP contribution is -1.87. The highest BCUT2D eigenvalue weighted by Crippen LogP contribution is 2.31. The number of thioether (sulfide) groups is 1. The summed E-state index contributed by atoms with van der Waals surface area (Å²) in [7, 11) is 0. The van der Waals surface area contributed by atoms with Crippen LogP contribution in [-0.4, -0.2) is 11.2 Å². The van der Waals surface area contributed by atoms with Crippen molar-refractivity contribution in [2.45, 2.75) is 5.03 Å². The van der Waals surface area contributed by atoms with E-state index in [1.165, 1.54) is 11.8 Å². The van der Waals surface area contributed by atoms with Gasteiger partial charge in [-0.25, -0.2) is 4.98 Å². The van der Waals surface area contributed by atoms with E-state index in [1.807, 2.05) is 6.26 Å². The van der Waals surface area contributed by atoms with Crippen molar-refractivity contribution in [2.75, 3.05) is 6.26 Å². The SMILES string of the molecule is C=C(Cl)c1c(Cl)ccnc1SC. The topological polar surface area (TPSA) is 12.9 Å². The molecule has 1 rings (SSSR count). The molecule has 0 radical (unpaired) electrons. The molecule has 0 aromatic carbocycles. The first-order chi connectivity index (χ1) is 5.66. The Morgan fingerprint density at radius 3 is 2.75 bits per heavy atom. The van der Waals surface area contributed by atoms with E-state index in [0.29, 0.717) is 10.1 Å². The van der Waals surface area contributed by atoms with Gasteiger partial charge in [-0.3, -0.25) is 0 Å². The zero-order valence-corrected chi connectivity index (χ0v) is 8.80. The van der Waals surface area contributed by atoms with Gasteiger partial charge in [-0.05, 0) is 12.3 Å². The fourth-order valence-electron chi connectivity index (χ4n) is 0.821. The molecule has 4 heteroatoms. The first-order valence-electron chi connectivity index (χ1n) is 3.20. The van der Waals surface area contributed by atoms with Crippen LogP contribution in [0.4, 0.5) is 0 Å². The summed E-state index contributed by atoms with van der Waals surface area (Å²) in [6.07, 6.45) is 3.57. The molecule has 1 heterocycles. The van der Waals surface area contributed by atoms with E-state index in [0.717, 1.165) is 10.6 Å². The van der Waals surface area contributed by atoms with E-state index in [9.17, 15) is 0 Å². The minimum Gasteiger partial charge on any atom is -0.249 e. The maximum Gasteiger partial charge on any atom is 0.106 e. The van der Waals surface area contributed by atoms with Crippen LogP contribution in [0.2, 0.25) is 5.02 Å². The Bertz CT molecular complexity index is 312. The molecule has 1 aromatic rings. The van der Waals surface area contributed by atoms with E-state index >= 15 is 0 Å². The molecule has 0 fully saturated rings. The average Bonchev–Trinajstić information content (AvgIpc) is 2.03. The van der Waals surface area contributed by atoms with Gasteiger partial charge in [-0.2, -0.15) is 0 Å². The predicted octanol–water partition coefficient (Wildman–Crippen LogP) is 3.67. The van der Waals surface area contributed by atoms with Crippen LogP contribution in [0.25, 0.3) is 5.03 Å². The Hall–Kier alpha value is -0.180. The molecule has 0 unspecified atom stereocenters. The van der Waals surface area contributed by atoms with Crippen molar-refractivity contribution >= 4 is 40.0 Å². The number of pyridine rings is 1. The molecule has 1 aromatic heterocycles. The lowest BCUT2D eigenvalue weighted by atomic mass is 10.3. The third kappa shape index (κ3) is 1.94. The maximum atomic E-state index is 5.90. The van der Waals surface area contributed by atoms with Crippen molar-refractivity contribution in [3.8, 4) is 0 Å². The van der Waals surface area contributed by atoms with Gasteiger partial charge in [0.2, 0.25) is 0 Å². The largest absolute Gasteiger partial charge is 0.249 e. The molecular weight excluding hydrogens is 213 g/mol. The second-order valence-corrected chi connectivity index (χ2v) is 3.74. The molecule has 0 N–H and O–H groups in total. The first kappa shape index (κ1) is 9.90. The molecule has 0 amide bonds. The molecule has 64 valence electrons. The number of hydrogen-bond donors (Lipinski definition) is 0. The highest BCUT2D eigenvalue weighted by Gasteiger charge is 2.08. The van der Waals surface area contributed by atoms with Crippen molar-refractivity contribution in [2.24, 2.45) is 0 Å². The van der Waals surface area contributed by atoms with Gasteiger partial charge in [0, 0.05) is 16.8 Å². The highest BCUT2D eigenvalue weighted by atomic mass is 35.5. The average molecular weight is 220 g/mol. The highest BCUT2D eigenvalue weighted by molar-refractivity contribution is 7.98. The Morgan fingerprint density at radius 2 is 2.33 bits per heavy atom. The van der Waals surface area contributed by atoms with E-state index in [4.69, 9.17) is 23.2 Å². The molecule has 12 heavy (non-hydrogen) atoms. The normalized spacial score (nSPS) is 9.92. The summed E-state index contributed by atoms with van der Waals surface area (Å²) in [5.74, 6) is 0. The summed E-state index contributed by atoms with van der Waals surface area (Å²) in [6.45, 7) is 3.62. The number of halogens is 2. The monoisotopic (exact) mass is 219 g/mol. The van der Waals surface area contributed by atoms with E-state index in [-0.39, 0.29) is 0 Å². The van der Waals surface area contributed by atoms with Crippen molar-refractivity contribution < 1.29 is 0 Å². The lowest BCUT2D eigenvalue weighted by Gasteiger charge is -2.05. The van der Waals surface area contributed by atoms with Crippen LogP contribution < -0.4 is 0 Å². The predicted molar refractivity (Wildman–Crippen MR) is 55.9 cm³/mol. The number of hydrogen-bond acceptors (Lipinski definition) is 2. The van der Waals surface area contributed by atoms with Crippen LogP contribution in [0.15, 0.2) is 23.9 Å². The second-order valence-electron chi connectivity index (χ2n) is 2.08. The fourth-order valence-corrected chi connectivity index (χ4v) is 2.04. The van der Waals surface area contributed by atoms with Gasteiger partial charge < -0.3 is 0 Å². The Kier molecular flexibility index (Phi) is 3.44. The zero-order valence-electron chi connectivity index (χ0n) is 6.47. The summed E-state index contributed by atoms with van der Waals surface area (Å²) in [6, 6.07) is 1.70. The third-order valence-corrected chi connectivity index (χ3v) is 2.53. The smallest absolute Gasteiger partial charge is 0.106 e. The van der Waals surface area contributed by atoms with Crippen LogP contribution in [0, 0.1) is 0 Å². The number of rotatable bonds is 2. The molecule has 0 atom stereocenters. The summed E-state index contributed by atoms with van der Waals surface area (Å²) in [5.41, 5.74) is 0.730. The molecule has 1 nitrogen and oxygen atoms in total. The van der Waals surface area contributed by atoms with Crippen molar-refractivity contribution in [3.63, 3.8) is 0 Å². The van der Waals surface area contributed by atoms with Crippen LogP contribution in [-0.2, 0) is 0 Å². The Balaban J connectivity index is 3.29. The number of nitrogens with zero attached hydrogens (tertiary/aromatic N) is 1. The molecule has 0 bridgehead atoms. The summed E-state index contributed by atoms with van der Waals surface area (Å²) in [5, 5.41) is 1.83. The molecule has 0 aliphatic heterocycles. The van der Waals surface area contributed by atoms with Crippen molar-refractivity contribution in [3.05, 3.63) is 29.4 Å². The summed E-state index contributed by atoms with van der Waals surface area (Å²) >= 11 is 13.2. The van der Waals surface area contributed by atoms with Gasteiger partial charge in [0.25, 0.3) is 0 Å². The fraction of sp³-hybridized carbons (Fsp3) is 0.125. The third-order valence-electron chi connectivity index (χ3n) is 1.33. The standard InChI is InChI=1S/C8H7Cl2NS/c1-5(9)7-6(10)3-4-11-8(7)12-2/h3-4H,1H2,2H3. The van der Waals surface area contributed by atoms with E-state index in [1.54, 1.807) is 12.3 Å². The first-order valence-corrected chi connectivity index (χ1v) is 5.18. The van der Waals surface area contributed by atoms with Gasteiger partial charge in [0.05, 0.1) is 5.02 Å². The van der Waals surface area contributed by atoms with E-state index < -0.39 is 0 Å². The van der Waals surface area contributed by atoms with Gasteiger partial charge in [0.15, 0.2) is 0 Å². The minimum absolute atomic E-state index is 0.428. The molecule has 0 aliphatic carbocycles. The quantitative estimate of drug-likeness (QED) is 0.705. The number of aromatic nitrogens is 1. The van der Waals surface area contributed by atoms with Crippen LogP contribution in [0.5, 0.6) is 0 Å². The lowest BCUT2D eigenvalue weighted by molar-refractivity contribution is 1.12. The summed E-state index contributed by atoms with van der Waals surface area (Å²) < 4.78 is 0. The van der Waals surface area contributed by atoms with Crippen molar-refractivity contribution in [1.29, 1.82) is 0 Å². The summed E-state index contributed by atoms with van der Waals surface area (Å²) in [4.78, 5) is 4.11. The van der Waals surface area contributed by atoms with Gasteiger partial charge in [0.1, 0.15) is 5.03 Å². The Morgan fingerprint density at radius 1 is 1.67 bits per heavy atom. The molecule has 0 spiro atoms. The Labute approximate surface area is 85.8 Å². The molecule has 0 saturated carbocycles. The van der Waals surface area contributed by atoms with Crippen LogP contribution in [0.1, 0.15) is 5.56 Å². The maximum absolute atomic E-state index is 5.90. The second kappa shape index (κ2) is 4.17. The zero-order chi connectivity index (χ0) is 9.14. The van der Waals surface area contributed by atoms with Crippen LogP contribution >= 0.6 is 35.0 Å². The van der Waals surface area contributed by atoms with E-state index in [2.05, 4.69) is 11.6 Å². The van der Waals surface area contributed by atoms with Gasteiger partial charge in [-0.1, -0.05) is 29.8 Å². The molecular formula is C8H7Cl2NS. The molecule has 0 saturated heterocycles. The molecule has 0 aliphatic rings. The van der Waals surface area contributed by atoms with Gasteiger partial charge in [-0.15, -0.1) is 11.8 Å². The van der Waals surface area contributed by atoms with Crippen LogP contribution in [0.3, 0.4) is 0 Å². The van der Waals surface area contributed by atoms with Crippen molar-refractivity contribution in [1.82, 2.24) is 4.98 Å². The van der Waals surface area contributed by atoms with Gasteiger partial charge >= 0.3 is 0 Å².